The molecule has 1 heterocycles. The number of hydrogen-bond donors (Lipinski definition) is 1. The zero-order chi connectivity index (χ0) is 18.7. The molecule has 0 spiro atoms. The van der Waals surface area contributed by atoms with E-state index >= 15 is 0 Å². The number of nitrogens with zero attached hydrogens (tertiary/aromatic N) is 2. The number of halogens is 3. The lowest BCUT2D eigenvalue weighted by molar-refractivity contribution is 0.0663. The van der Waals surface area contributed by atoms with Crippen molar-refractivity contribution in [2.24, 2.45) is 0 Å². The number of Topliss-reactive ketones (excluding diaryl/α,β-unsaturated/α-hetero) is 1. The van der Waals surface area contributed by atoms with Gasteiger partial charge in [0, 0.05) is 22.0 Å². The molecule has 1 N–H and O–H groups in total. The molecule has 0 aliphatic heterocycles. The molecule has 0 saturated carbocycles. The van der Waals surface area contributed by atoms with Crippen molar-refractivity contribution in [3.8, 4) is 0 Å². The molecular weight excluding hydrogens is 430 g/mol. The molecule has 1 aromatic heterocycles. The van der Waals surface area contributed by atoms with Crippen molar-refractivity contribution >= 4 is 43.5 Å². The van der Waals surface area contributed by atoms with Crippen LogP contribution in [-0.2, 0) is 11.2 Å². The minimum absolute atomic E-state index is 0.00471. The van der Waals surface area contributed by atoms with E-state index in [1.165, 1.54) is 18.2 Å². The summed E-state index contributed by atoms with van der Waals surface area (Å²) >= 11 is 4.14. The van der Waals surface area contributed by atoms with E-state index in [4.69, 9.17) is 9.84 Å². The van der Waals surface area contributed by atoms with E-state index in [1.807, 2.05) is 0 Å². The van der Waals surface area contributed by atoms with Gasteiger partial charge in [-0.3, -0.25) is 4.79 Å². The SMILES string of the molecule is O=C(COCCO)c1cc2snnc2c(F)c1Cc1ccc(Br)cc1F. The molecule has 3 aromatic rings. The van der Waals surface area contributed by atoms with Gasteiger partial charge in [0.15, 0.2) is 11.6 Å². The molecule has 5 nitrogen and oxygen atoms in total. The third-order valence-electron chi connectivity index (χ3n) is 3.74. The molecule has 0 saturated heterocycles. The first-order chi connectivity index (χ1) is 12.5. The summed E-state index contributed by atoms with van der Waals surface area (Å²) in [5, 5.41) is 12.5. The van der Waals surface area contributed by atoms with E-state index in [2.05, 4.69) is 25.5 Å². The lowest BCUT2D eigenvalue weighted by Crippen LogP contribution is -2.15. The van der Waals surface area contributed by atoms with Crippen molar-refractivity contribution in [2.75, 3.05) is 19.8 Å². The maximum Gasteiger partial charge on any atom is 0.188 e. The number of carbonyl (C=O) groups excluding carboxylic acids is 1. The number of benzene rings is 2. The van der Waals surface area contributed by atoms with E-state index in [-0.39, 0.29) is 48.4 Å². The summed E-state index contributed by atoms with van der Waals surface area (Å²) < 4.78 is 38.9. The van der Waals surface area contributed by atoms with E-state index in [0.717, 1.165) is 11.5 Å². The lowest BCUT2D eigenvalue weighted by atomic mass is 9.96. The smallest absolute Gasteiger partial charge is 0.188 e. The zero-order valence-corrected chi connectivity index (χ0v) is 15.7. The molecule has 0 amide bonds. The second kappa shape index (κ2) is 8.26. The molecule has 0 bridgehead atoms. The first kappa shape index (κ1) is 19.0. The quantitative estimate of drug-likeness (QED) is 0.447. The van der Waals surface area contributed by atoms with Crippen LogP contribution in [0.3, 0.4) is 0 Å². The predicted octanol–water partition coefficient (Wildman–Crippen LogP) is 3.51. The topological polar surface area (TPSA) is 72.3 Å². The van der Waals surface area contributed by atoms with E-state index < -0.39 is 17.4 Å². The average molecular weight is 443 g/mol. The summed E-state index contributed by atoms with van der Waals surface area (Å²) in [7, 11) is 0. The summed E-state index contributed by atoms with van der Waals surface area (Å²) in [6, 6.07) is 5.95. The monoisotopic (exact) mass is 442 g/mol. The van der Waals surface area contributed by atoms with Gasteiger partial charge in [0.25, 0.3) is 0 Å². The van der Waals surface area contributed by atoms with Crippen LogP contribution >= 0.6 is 27.5 Å². The number of aliphatic hydroxyl groups excluding tert-OH is 1. The minimum Gasteiger partial charge on any atom is -0.394 e. The third kappa shape index (κ3) is 3.96. The molecule has 0 aliphatic carbocycles. The first-order valence-electron chi connectivity index (χ1n) is 7.60. The average Bonchev–Trinajstić information content (AvgIpc) is 3.08. The highest BCUT2D eigenvalue weighted by atomic mass is 79.9. The molecular formula is C17H13BrF2N2O3S. The summed E-state index contributed by atoms with van der Waals surface area (Å²) in [4.78, 5) is 12.5. The molecule has 136 valence electrons. The van der Waals surface area contributed by atoms with Gasteiger partial charge in [-0.1, -0.05) is 26.5 Å². The van der Waals surface area contributed by atoms with Crippen molar-refractivity contribution in [3.05, 3.63) is 57.1 Å². The third-order valence-corrected chi connectivity index (χ3v) is 4.90. The van der Waals surface area contributed by atoms with Gasteiger partial charge in [-0.25, -0.2) is 8.78 Å². The molecule has 0 radical (unpaired) electrons. The maximum absolute atomic E-state index is 14.9. The Morgan fingerprint density at radius 3 is 2.85 bits per heavy atom. The Morgan fingerprint density at radius 1 is 1.31 bits per heavy atom. The fourth-order valence-corrected chi connectivity index (χ4v) is 3.44. The number of ketones is 1. The standard InChI is InChI=1S/C17H13BrF2N2O3S/c18-10-2-1-9(13(19)6-10)5-12-11(14(24)8-25-4-3-23)7-15-17(16(12)20)21-22-26-15/h1-2,6-7,23H,3-5,8H2. The van der Waals surface area contributed by atoms with Gasteiger partial charge < -0.3 is 9.84 Å². The van der Waals surface area contributed by atoms with E-state index in [1.54, 1.807) is 6.07 Å². The summed E-state index contributed by atoms with van der Waals surface area (Å²) in [5.41, 5.74) is 0.445. The van der Waals surface area contributed by atoms with Gasteiger partial charge in [0.1, 0.15) is 17.9 Å². The molecule has 0 unspecified atom stereocenters. The zero-order valence-electron chi connectivity index (χ0n) is 13.3. The van der Waals surface area contributed by atoms with Crippen molar-refractivity contribution in [2.45, 2.75) is 6.42 Å². The Kier molecular flexibility index (Phi) is 6.02. The first-order valence-corrected chi connectivity index (χ1v) is 9.17. The van der Waals surface area contributed by atoms with Gasteiger partial charge >= 0.3 is 0 Å². The van der Waals surface area contributed by atoms with Crippen LogP contribution in [0.15, 0.2) is 28.7 Å². The molecule has 0 fully saturated rings. The van der Waals surface area contributed by atoms with Crippen LogP contribution in [0, 0.1) is 11.6 Å². The van der Waals surface area contributed by atoms with Crippen molar-refractivity contribution < 1.29 is 23.4 Å². The number of carbonyl (C=O) groups is 1. The Bertz CT molecular complexity index is 965. The number of aromatic nitrogens is 2. The van der Waals surface area contributed by atoms with Gasteiger partial charge in [-0.05, 0) is 35.3 Å². The Morgan fingerprint density at radius 2 is 2.12 bits per heavy atom. The van der Waals surface area contributed by atoms with Crippen LogP contribution in [0.4, 0.5) is 8.78 Å². The van der Waals surface area contributed by atoms with Gasteiger partial charge in [-0.2, -0.15) is 0 Å². The van der Waals surface area contributed by atoms with Crippen LogP contribution in [0.25, 0.3) is 10.2 Å². The minimum atomic E-state index is -0.691. The van der Waals surface area contributed by atoms with Gasteiger partial charge in [0.05, 0.1) is 17.9 Å². The number of aliphatic hydroxyl groups is 1. The molecule has 0 aliphatic rings. The molecule has 2 aromatic carbocycles. The molecule has 9 heteroatoms. The maximum atomic E-state index is 14.9. The van der Waals surface area contributed by atoms with Crippen LogP contribution in [0.5, 0.6) is 0 Å². The molecule has 0 atom stereocenters. The number of ether oxygens (including phenoxy) is 1. The highest BCUT2D eigenvalue weighted by Gasteiger charge is 2.22. The summed E-state index contributed by atoms with van der Waals surface area (Å²) in [6.07, 6.45) is -0.112. The fourth-order valence-electron chi connectivity index (χ4n) is 2.51. The van der Waals surface area contributed by atoms with Gasteiger partial charge in [0.2, 0.25) is 0 Å². The Hall–Kier alpha value is -1.81. The second-order valence-corrected chi connectivity index (χ2v) is 7.15. The summed E-state index contributed by atoms with van der Waals surface area (Å²) in [6.45, 7) is -0.542. The van der Waals surface area contributed by atoms with Crippen molar-refractivity contribution in [3.63, 3.8) is 0 Å². The van der Waals surface area contributed by atoms with Crippen LogP contribution in [0.2, 0.25) is 0 Å². The number of rotatable bonds is 7. The number of fused-ring (bicyclic) bond motifs is 1. The van der Waals surface area contributed by atoms with Crippen molar-refractivity contribution in [1.82, 2.24) is 9.59 Å². The Labute approximate surface area is 159 Å². The van der Waals surface area contributed by atoms with Gasteiger partial charge in [-0.15, -0.1) is 5.10 Å². The van der Waals surface area contributed by atoms with Crippen LogP contribution in [-0.4, -0.2) is 40.3 Å². The Balaban J connectivity index is 2.04. The normalized spacial score (nSPS) is 11.2. The van der Waals surface area contributed by atoms with Crippen LogP contribution < -0.4 is 0 Å². The van der Waals surface area contributed by atoms with Crippen LogP contribution in [0.1, 0.15) is 21.5 Å². The largest absolute Gasteiger partial charge is 0.394 e. The van der Waals surface area contributed by atoms with Crippen molar-refractivity contribution in [1.29, 1.82) is 0 Å². The van der Waals surface area contributed by atoms with E-state index in [0.29, 0.717) is 9.17 Å². The second-order valence-electron chi connectivity index (χ2n) is 5.45. The van der Waals surface area contributed by atoms with E-state index in [9.17, 15) is 13.6 Å². The molecule has 3 rings (SSSR count). The molecule has 26 heavy (non-hydrogen) atoms. The highest BCUT2D eigenvalue weighted by Crippen LogP contribution is 2.29. The lowest BCUT2D eigenvalue weighted by Gasteiger charge is -2.12. The fraction of sp³-hybridized carbons (Fsp3) is 0.235. The predicted molar refractivity (Wildman–Crippen MR) is 96.5 cm³/mol. The highest BCUT2D eigenvalue weighted by molar-refractivity contribution is 9.10. The number of hydrogen-bond acceptors (Lipinski definition) is 6. The summed E-state index contributed by atoms with van der Waals surface area (Å²) in [5.74, 6) is -1.66.